The lowest BCUT2D eigenvalue weighted by atomic mass is 9.80. The average molecular weight is 321 g/mol. The van der Waals surface area contributed by atoms with Crippen LogP contribution in [0.15, 0.2) is 70.8 Å². The molecule has 0 N–H and O–H groups in total. The molecule has 2 nitrogen and oxygen atoms in total. The molecule has 0 atom stereocenters. The SMILES string of the molecule is C=NC(=CC(=C)C1=CC(C(C)(C)C)=CCC1)c1ccccc1OC. The first-order chi connectivity index (χ1) is 11.4. The van der Waals surface area contributed by atoms with Crippen LogP contribution in [0.2, 0.25) is 0 Å². The molecule has 0 radical (unpaired) electrons. The van der Waals surface area contributed by atoms with Crippen LogP contribution in [-0.2, 0) is 0 Å². The molecule has 1 aromatic rings. The molecular weight excluding hydrogens is 294 g/mol. The molecule has 2 heteroatoms. The molecule has 0 spiro atoms. The summed E-state index contributed by atoms with van der Waals surface area (Å²) in [7, 11) is 1.67. The predicted molar refractivity (Wildman–Crippen MR) is 105 cm³/mol. The van der Waals surface area contributed by atoms with Gasteiger partial charge in [0.25, 0.3) is 0 Å². The van der Waals surface area contributed by atoms with E-state index in [4.69, 9.17) is 4.74 Å². The number of hydrogen-bond acceptors (Lipinski definition) is 2. The third kappa shape index (κ3) is 4.14. The summed E-state index contributed by atoms with van der Waals surface area (Å²) in [4.78, 5) is 4.20. The van der Waals surface area contributed by atoms with Crippen molar-refractivity contribution < 1.29 is 4.74 Å². The summed E-state index contributed by atoms with van der Waals surface area (Å²) in [6.07, 6.45) is 8.66. The number of para-hydroxylation sites is 1. The van der Waals surface area contributed by atoms with Gasteiger partial charge in [0.2, 0.25) is 0 Å². The van der Waals surface area contributed by atoms with Gasteiger partial charge in [-0.15, -0.1) is 0 Å². The summed E-state index contributed by atoms with van der Waals surface area (Å²) < 4.78 is 5.43. The Bertz CT molecular complexity index is 727. The quantitative estimate of drug-likeness (QED) is 0.482. The van der Waals surface area contributed by atoms with E-state index in [1.165, 1.54) is 11.1 Å². The van der Waals surface area contributed by atoms with Crippen LogP contribution in [0.5, 0.6) is 5.75 Å². The van der Waals surface area contributed by atoms with Crippen molar-refractivity contribution in [3.63, 3.8) is 0 Å². The number of hydrogen-bond donors (Lipinski definition) is 0. The van der Waals surface area contributed by atoms with Gasteiger partial charge in [-0.05, 0) is 59.9 Å². The molecule has 24 heavy (non-hydrogen) atoms. The standard InChI is InChI=1S/C22H27NO/c1-16(17-10-9-11-18(15-17)22(2,3)4)14-20(23-5)19-12-7-8-13-21(19)24-6/h7-8,11-15H,1,5,9-10H2,2-4,6H3. The third-order valence-electron chi connectivity index (χ3n) is 4.25. The van der Waals surface area contributed by atoms with Gasteiger partial charge in [-0.25, -0.2) is 0 Å². The molecule has 0 amide bonds. The number of methoxy groups -OCH3 is 1. The van der Waals surface area contributed by atoms with Crippen LogP contribution in [0.25, 0.3) is 5.70 Å². The normalized spacial score (nSPS) is 15.4. The van der Waals surface area contributed by atoms with Crippen molar-refractivity contribution in [3.8, 4) is 5.75 Å². The van der Waals surface area contributed by atoms with E-state index in [-0.39, 0.29) is 5.41 Å². The van der Waals surface area contributed by atoms with Gasteiger partial charge in [0, 0.05) is 5.56 Å². The zero-order valence-corrected chi connectivity index (χ0v) is 15.2. The van der Waals surface area contributed by atoms with Gasteiger partial charge < -0.3 is 4.74 Å². The Balaban J connectivity index is 2.35. The molecule has 0 saturated carbocycles. The molecule has 2 rings (SSSR count). The Morgan fingerprint density at radius 3 is 2.58 bits per heavy atom. The van der Waals surface area contributed by atoms with E-state index >= 15 is 0 Å². The highest BCUT2D eigenvalue weighted by atomic mass is 16.5. The molecular formula is C22H27NO. The van der Waals surface area contributed by atoms with E-state index in [0.29, 0.717) is 0 Å². The molecule has 0 heterocycles. The van der Waals surface area contributed by atoms with Crippen molar-refractivity contribution in [1.82, 2.24) is 0 Å². The molecule has 0 fully saturated rings. The highest BCUT2D eigenvalue weighted by Crippen LogP contribution is 2.35. The van der Waals surface area contributed by atoms with Crippen molar-refractivity contribution in [2.24, 2.45) is 10.4 Å². The smallest absolute Gasteiger partial charge is 0.128 e. The number of ether oxygens (including phenoxy) is 1. The Labute approximate surface area is 146 Å². The lowest BCUT2D eigenvalue weighted by molar-refractivity contribution is 0.413. The fourth-order valence-corrected chi connectivity index (χ4v) is 2.80. The van der Waals surface area contributed by atoms with Gasteiger partial charge in [0.15, 0.2) is 0 Å². The average Bonchev–Trinajstić information content (AvgIpc) is 2.58. The lowest BCUT2D eigenvalue weighted by Crippen LogP contribution is -2.10. The topological polar surface area (TPSA) is 21.6 Å². The molecule has 1 aliphatic rings. The molecule has 0 aliphatic heterocycles. The van der Waals surface area contributed by atoms with Crippen LogP contribution < -0.4 is 4.74 Å². The number of nitrogens with zero attached hydrogens (tertiary/aromatic N) is 1. The van der Waals surface area contributed by atoms with Gasteiger partial charge in [-0.2, -0.15) is 0 Å². The van der Waals surface area contributed by atoms with Gasteiger partial charge in [-0.1, -0.05) is 51.6 Å². The van der Waals surface area contributed by atoms with E-state index in [2.05, 4.69) is 51.2 Å². The maximum absolute atomic E-state index is 5.43. The molecule has 0 bridgehead atoms. The second-order valence-electron chi connectivity index (χ2n) is 7.03. The van der Waals surface area contributed by atoms with Gasteiger partial charge >= 0.3 is 0 Å². The van der Waals surface area contributed by atoms with Gasteiger partial charge in [0.1, 0.15) is 5.75 Å². The van der Waals surface area contributed by atoms with E-state index in [0.717, 1.165) is 35.4 Å². The summed E-state index contributed by atoms with van der Waals surface area (Å²) in [6, 6.07) is 7.84. The van der Waals surface area contributed by atoms with E-state index in [1.54, 1.807) is 7.11 Å². The maximum Gasteiger partial charge on any atom is 0.128 e. The first-order valence-electron chi connectivity index (χ1n) is 8.29. The Hall–Kier alpha value is -2.35. The second kappa shape index (κ2) is 7.48. The molecule has 0 unspecified atom stereocenters. The van der Waals surface area contributed by atoms with Crippen molar-refractivity contribution in [2.75, 3.05) is 7.11 Å². The van der Waals surface area contributed by atoms with Crippen LogP contribution in [0.1, 0.15) is 39.2 Å². The monoisotopic (exact) mass is 321 g/mol. The van der Waals surface area contributed by atoms with Crippen LogP contribution >= 0.6 is 0 Å². The third-order valence-corrected chi connectivity index (χ3v) is 4.25. The summed E-state index contributed by atoms with van der Waals surface area (Å²) >= 11 is 0. The van der Waals surface area contributed by atoms with Crippen molar-refractivity contribution >= 4 is 12.4 Å². The second-order valence-corrected chi connectivity index (χ2v) is 7.03. The number of benzene rings is 1. The summed E-state index contributed by atoms with van der Waals surface area (Å²) in [5.41, 5.74) is 5.47. The highest BCUT2D eigenvalue weighted by molar-refractivity contribution is 5.75. The largest absolute Gasteiger partial charge is 0.496 e. The van der Waals surface area contributed by atoms with Crippen molar-refractivity contribution in [3.05, 3.63) is 71.4 Å². The molecule has 0 aromatic heterocycles. The summed E-state index contributed by atoms with van der Waals surface area (Å²) in [6.45, 7) is 14.7. The zero-order valence-electron chi connectivity index (χ0n) is 15.2. The Morgan fingerprint density at radius 2 is 1.96 bits per heavy atom. The maximum atomic E-state index is 5.43. The minimum atomic E-state index is 0.151. The Kier molecular flexibility index (Phi) is 5.61. The summed E-state index contributed by atoms with van der Waals surface area (Å²) in [5.74, 6) is 0.789. The molecule has 1 aliphatic carbocycles. The Morgan fingerprint density at radius 1 is 1.25 bits per heavy atom. The first kappa shape index (κ1) is 18.0. The highest BCUT2D eigenvalue weighted by Gasteiger charge is 2.19. The number of allylic oxidation sites excluding steroid dienone is 6. The number of rotatable bonds is 5. The van der Waals surface area contributed by atoms with Crippen LogP contribution in [-0.4, -0.2) is 13.8 Å². The van der Waals surface area contributed by atoms with Gasteiger partial charge in [-0.3, -0.25) is 4.99 Å². The van der Waals surface area contributed by atoms with E-state index < -0.39 is 0 Å². The lowest BCUT2D eigenvalue weighted by Gasteiger charge is -2.25. The first-order valence-corrected chi connectivity index (χ1v) is 8.29. The van der Waals surface area contributed by atoms with Crippen LogP contribution in [0, 0.1) is 5.41 Å². The van der Waals surface area contributed by atoms with E-state index in [1.807, 2.05) is 30.3 Å². The molecule has 126 valence electrons. The van der Waals surface area contributed by atoms with Crippen LogP contribution in [0.4, 0.5) is 0 Å². The van der Waals surface area contributed by atoms with E-state index in [9.17, 15) is 0 Å². The van der Waals surface area contributed by atoms with Gasteiger partial charge in [0.05, 0.1) is 12.8 Å². The fraction of sp³-hybridized carbons (Fsp3) is 0.318. The fourth-order valence-electron chi connectivity index (χ4n) is 2.80. The minimum Gasteiger partial charge on any atom is -0.496 e. The predicted octanol–water partition coefficient (Wildman–Crippen LogP) is 5.99. The summed E-state index contributed by atoms with van der Waals surface area (Å²) in [5, 5.41) is 0. The molecule has 1 aromatic carbocycles. The van der Waals surface area contributed by atoms with Crippen molar-refractivity contribution in [2.45, 2.75) is 33.6 Å². The van der Waals surface area contributed by atoms with Crippen LogP contribution in [0.3, 0.4) is 0 Å². The van der Waals surface area contributed by atoms with Crippen molar-refractivity contribution in [1.29, 1.82) is 0 Å². The molecule has 0 saturated heterocycles. The number of aliphatic imine (C=N–C) groups is 1. The zero-order chi connectivity index (χ0) is 17.7. The minimum absolute atomic E-state index is 0.151.